The number of nitrogens with one attached hydrogen (secondary N) is 1. The van der Waals surface area contributed by atoms with Gasteiger partial charge in [-0.1, -0.05) is 24.3 Å². The van der Waals surface area contributed by atoms with E-state index in [0.29, 0.717) is 18.8 Å². The molecular formula is C28H28F3N3O3. The Kier molecular flexibility index (Phi) is 6.45. The molecule has 0 unspecified atom stereocenters. The van der Waals surface area contributed by atoms with Crippen molar-refractivity contribution < 1.29 is 27.8 Å². The molecule has 2 aliphatic rings. The second-order valence-electron chi connectivity index (χ2n) is 9.78. The number of aliphatic hydroxyl groups is 1. The molecule has 2 aliphatic heterocycles. The highest BCUT2D eigenvalue weighted by molar-refractivity contribution is 6.04. The lowest BCUT2D eigenvalue weighted by molar-refractivity contribution is -0.0173. The van der Waals surface area contributed by atoms with E-state index in [1.54, 1.807) is 6.07 Å². The molecule has 1 saturated heterocycles. The summed E-state index contributed by atoms with van der Waals surface area (Å²) in [5.74, 6) is -3.58. The fourth-order valence-corrected chi connectivity index (χ4v) is 5.10. The number of amides is 1. The molecule has 5 rings (SSSR count). The number of rotatable bonds is 5. The van der Waals surface area contributed by atoms with Gasteiger partial charge in [-0.3, -0.25) is 9.78 Å². The van der Waals surface area contributed by atoms with Crippen LogP contribution in [0.3, 0.4) is 0 Å². The SMILES string of the molecule is Cc1ncc(NC(=O)c2cccc(C(C)(F)F)c2)cc1-c1ccc2c(c1)N1CCOC[C@H]1[C@](F)(CO)C2. The zero-order valence-corrected chi connectivity index (χ0v) is 20.6. The van der Waals surface area contributed by atoms with Crippen molar-refractivity contribution in [1.29, 1.82) is 0 Å². The third-order valence-electron chi connectivity index (χ3n) is 7.16. The maximum Gasteiger partial charge on any atom is 0.270 e. The van der Waals surface area contributed by atoms with Gasteiger partial charge in [-0.25, -0.2) is 13.2 Å². The first-order valence-electron chi connectivity index (χ1n) is 12.1. The number of benzene rings is 2. The Morgan fingerprint density at radius 1 is 1.27 bits per heavy atom. The molecule has 9 heteroatoms. The summed E-state index contributed by atoms with van der Waals surface area (Å²) < 4.78 is 48.5. The summed E-state index contributed by atoms with van der Waals surface area (Å²) in [5, 5.41) is 12.5. The van der Waals surface area contributed by atoms with Gasteiger partial charge in [-0.2, -0.15) is 0 Å². The minimum absolute atomic E-state index is 0.0901. The molecule has 0 aliphatic carbocycles. The van der Waals surface area contributed by atoms with Crippen LogP contribution >= 0.6 is 0 Å². The quantitative estimate of drug-likeness (QED) is 0.511. The lowest BCUT2D eigenvalue weighted by Gasteiger charge is -2.48. The topological polar surface area (TPSA) is 74.7 Å². The van der Waals surface area contributed by atoms with Crippen LogP contribution in [0.4, 0.5) is 24.5 Å². The molecule has 1 amide bonds. The average molecular weight is 512 g/mol. The van der Waals surface area contributed by atoms with E-state index in [1.165, 1.54) is 30.5 Å². The Bertz CT molecular complexity index is 1340. The monoisotopic (exact) mass is 511 g/mol. The number of aromatic nitrogens is 1. The Morgan fingerprint density at radius 3 is 2.84 bits per heavy atom. The summed E-state index contributed by atoms with van der Waals surface area (Å²) in [6.07, 6.45) is 1.61. The maximum atomic E-state index is 15.5. The fourth-order valence-electron chi connectivity index (χ4n) is 5.10. The number of fused-ring (bicyclic) bond motifs is 3. The first-order valence-corrected chi connectivity index (χ1v) is 12.1. The molecule has 6 nitrogen and oxygen atoms in total. The molecule has 0 radical (unpaired) electrons. The number of morpholine rings is 1. The van der Waals surface area contributed by atoms with E-state index < -0.39 is 30.1 Å². The van der Waals surface area contributed by atoms with E-state index in [9.17, 15) is 18.7 Å². The molecule has 2 N–H and O–H groups in total. The second kappa shape index (κ2) is 9.46. The summed E-state index contributed by atoms with van der Waals surface area (Å²) in [6.45, 7) is 3.24. The smallest absolute Gasteiger partial charge is 0.270 e. The highest BCUT2D eigenvalue weighted by Crippen LogP contribution is 2.42. The number of carbonyl (C=O) groups excluding carboxylic acids is 1. The van der Waals surface area contributed by atoms with Crippen LogP contribution in [-0.4, -0.2) is 54.1 Å². The van der Waals surface area contributed by atoms with Crippen molar-refractivity contribution in [2.24, 2.45) is 0 Å². The summed E-state index contributed by atoms with van der Waals surface area (Å²) in [5.41, 5.74) is 2.56. The summed E-state index contributed by atoms with van der Waals surface area (Å²) in [7, 11) is 0. The largest absolute Gasteiger partial charge is 0.393 e. The lowest BCUT2D eigenvalue weighted by atomic mass is 9.82. The standard InChI is InChI=1S/C28H28F3N3O3/c1-17-23(12-22(14-32-17)33-26(36)19-4-3-5-21(10-19)27(2,29)30)18-6-7-20-13-28(31,16-35)25-15-37-9-8-34(25)24(20)11-18/h3-7,10-12,14,25,35H,8-9,13,15-16H2,1-2H3,(H,33,36)/t25-,28+/m0/s1. The highest BCUT2D eigenvalue weighted by Gasteiger charge is 2.48. The molecule has 3 heterocycles. The van der Waals surface area contributed by atoms with Gasteiger partial charge in [0.05, 0.1) is 37.7 Å². The number of anilines is 2. The van der Waals surface area contributed by atoms with Crippen molar-refractivity contribution in [1.82, 2.24) is 4.98 Å². The van der Waals surface area contributed by atoms with Crippen LogP contribution in [0.5, 0.6) is 0 Å². The molecule has 3 aromatic rings. The van der Waals surface area contributed by atoms with Gasteiger partial charge < -0.3 is 20.1 Å². The molecule has 0 spiro atoms. The Hall–Kier alpha value is -3.43. The first-order chi connectivity index (χ1) is 17.6. The van der Waals surface area contributed by atoms with Crippen LogP contribution in [-0.2, 0) is 17.1 Å². The van der Waals surface area contributed by atoms with Gasteiger partial charge in [-0.05, 0) is 42.3 Å². The summed E-state index contributed by atoms with van der Waals surface area (Å²) >= 11 is 0. The van der Waals surface area contributed by atoms with Crippen molar-refractivity contribution in [3.8, 4) is 11.1 Å². The molecule has 2 aromatic carbocycles. The third kappa shape index (κ3) is 4.81. The van der Waals surface area contributed by atoms with Gasteiger partial charge in [0.15, 0.2) is 5.67 Å². The van der Waals surface area contributed by atoms with Crippen LogP contribution in [0.2, 0.25) is 0 Å². The number of pyridine rings is 1. The molecule has 2 atom stereocenters. The van der Waals surface area contributed by atoms with Crippen LogP contribution in [0, 0.1) is 6.92 Å². The predicted octanol–water partition coefficient (Wildman–Crippen LogP) is 4.88. The molecule has 194 valence electrons. The van der Waals surface area contributed by atoms with Gasteiger partial charge in [0.25, 0.3) is 11.8 Å². The summed E-state index contributed by atoms with van der Waals surface area (Å²) in [6, 6.07) is 12.3. The number of carbonyl (C=O) groups is 1. The van der Waals surface area contributed by atoms with Crippen molar-refractivity contribution in [2.75, 3.05) is 36.6 Å². The molecule has 0 saturated carbocycles. The number of alkyl halides is 3. The van der Waals surface area contributed by atoms with E-state index >= 15 is 4.39 Å². The zero-order chi connectivity index (χ0) is 26.4. The van der Waals surface area contributed by atoms with Gasteiger partial charge in [0.2, 0.25) is 0 Å². The summed E-state index contributed by atoms with van der Waals surface area (Å²) in [4.78, 5) is 19.2. The minimum atomic E-state index is -3.06. The van der Waals surface area contributed by atoms with Crippen molar-refractivity contribution in [2.45, 2.75) is 37.9 Å². The molecular weight excluding hydrogens is 483 g/mol. The normalized spacial score (nSPS) is 21.2. The maximum absolute atomic E-state index is 15.5. The number of hydrogen-bond donors (Lipinski definition) is 2. The molecule has 37 heavy (non-hydrogen) atoms. The first kappa shape index (κ1) is 25.2. The van der Waals surface area contributed by atoms with Crippen LogP contribution in [0.25, 0.3) is 11.1 Å². The van der Waals surface area contributed by atoms with Crippen LogP contribution in [0.15, 0.2) is 54.7 Å². The fraction of sp³-hybridized carbons (Fsp3) is 0.357. The van der Waals surface area contributed by atoms with Crippen LogP contribution in [0.1, 0.15) is 34.1 Å². The van der Waals surface area contributed by atoms with E-state index in [4.69, 9.17) is 4.74 Å². The van der Waals surface area contributed by atoms with E-state index in [0.717, 1.165) is 35.0 Å². The molecule has 1 aromatic heterocycles. The predicted molar refractivity (Wildman–Crippen MR) is 135 cm³/mol. The van der Waals surface area contributed by atoms with E-state index in [1.807, 2.05) is 30.0 Å². The second-order valence-corrected chi connectivity index (χ2v) is 9.78. The minimum Gasteiger partial charge on any atom is -0.393 e. The Labute approximate surface area is 213 Å². The number of ether oxygens (including phenoxy) is 1. The van der Waals surface area contributed by atoms with Gasteiger partial charge in [-0.15, -0.1) is 0 Å². The lowest BCUT2D eigenvalue weighted by Crippen LogP contribution is -2.62. The third-order valence-corrected chi connectivity index (χ3v) is 7.16. The number of hydrogen-bond acceptors (Lipinski definition) is 5. The van der Waals surface area contributed by atoms with Gasteiger partial charge in [0, 0.05) is 48.0 Å². The Morgan fingerprint density at radius 2 is 2.08 bits per heavy atom. The van der Waals surface area contributed by atoms with Gasteiger partial charge in [0.1, 0.15) is 0 Å². The Balaban J connectivity index is 1.45. The molecule has 0 bridgehead atoms. The molecule has 1 fully saturated rings. The average Bonchev–Trinajstić information content (AvgIpc) is 2.89. The number of halogens is 3. The van der Waals surface area contributed by atoms with Crippen LogP contribution < -0.4 is 10.2 Å². The van der Waals surface area contributed by atoms with Crippen molar-refractivity contribution >= 4 is 17.3 Å². The van der Waals surface area contributed by atoms with E-state index in [-0.39, 0.29) is 24.2 Å². The number of aryl methyl sites for hydroxylation is 1. The number of nitrogens with zero attached hydrogens (tertiary/aromatic N) is 2. The van der Waals surface area contributed by atoms with Crippen molar-refractivity contribution in [3.63, 3.8) is 0 Å². The van der Waals surface area contributed by atoms with E-state index in [2.05, 4.69) is 10.3 Å². The van der Waals surface area contributed by atoms with Crippen molar-refractivity contribution in [3.05, 3.63) is 77.1 Å². The number of aliphatic hydroxyl groups excluding tert-OH is 1. The zero-order valence-electron chi connectivity index (χ0n) is 20.6. The van der Waals surface area contributed by atoms with Gasteiger partial charge >= 0.3 is 0 Å². The highest BCUT2D eigenvalue weighted by atomic mass is 19.3.